The van der Waals surface area contributed by atoms with Crippen LogP contribution >= 0.6 is 0 Å². The highest BCUT2D eigenvalue weighted by molar-refractivity contribution is 7.86. The maximum absolute atomic E-state index is 12.0. The SMILES string of the molecule is CCc1c(C)c(COCCOC)c(CC)c(S(=O)(=O)O)c1CC. The summed E-state index contributed by atoms with van der Waals surface area (Å²) in [6.07, 6.45) is 1.81. The highest BCUT2D eigenvalue weighted by Crippen LogP contribution is 2.33. The fraction of sp³-hybridized carbons (Fsp3) is 0.647. The molecule has 0 amide bonds. The van der Waals surface area contributed by atoms with Gasteiger partial charge in [-0.2, -0.15) is 8.42 Å². The van der Waals surface area contributed by atoms with Gasteiger partial charge in [0.2, 0.25) is 0 Å². The van der Waals surface area contributed by atoms with Gasteiger partial charge in [-0.15, -0.1) is 0 Å². The molecule has 0 heterocycles. The first kappa shape index (κ1) is 20.1. The molecule has 0 bridgehead atoms. The fourth-order valence-electron chi connectivity index (χ4n) is 3.14. The van der Waals surface area contributed by atoms with Crippen molar-refractivity contribution < 1.29 is 22.4 Å². The minimum Gasteiger partial charge on any atom is -0.382 e. The monoisotopic (exact) mass is 344 g/mol. The van der Waals surface area contributed by atoms with E-state index < -0.39 is 10.1 Å². The van der Waals surface area contributed by atoms with Crippen LogP contribution in [0.25, 0.3) is 0 Å². The van der Waals surface area contributed by atoms with Crippen LogP contribution in [0.15, 0.2) is 4.90 Å². The lowest BCUT2D eigenvalue weighted by atomic mass is 9.89. The maximum atomic E-state index is 12.0. The van der Waals surface area contributed by atoms with E-state index in [1.807, 2.05) is 27.7 Å². The predicted octanol–water partition coefficient (Wildman–Crippen LogP) is 3.09. The molecular weight excluding hydrogens is 316 g/mol. The standard InChI is InChI=1S/C17H28O5S/c1-6-13-12(4)16(11-22-10-9-21-5)15(8-3)17(14(13)7-2)23(18,19)20/h6-11H2,1-5H3,(H,18,19,20). The van der Waals surface area contributed by atoms with Crippen LogP contribution in [0.4, 0.5) is 0 Å². The largest absolute Gasteiger partial charge is 0.382 e. The van der Waals surface area contributed by atoms with Crippen LogP contribution in [0.5, 0.6) is 0 Å². The number of ether oxygens (including phenoxy) is 2. The Hall–Kier alpha value is -0.950. The van der Waals surface area contributed by atoms with Crippen molar-refractivity contribution >= 4 is 10.1 Å². The van der Waals surface area contributed by atoms with Crippen molar-refractivity contribution in [1.82, 2.24) is 0 Å². The second kappa shape index (κ2) is 8.78. The predicted molar refractivity (Wildman–Crippen MR) is 90.7 cm³/mol. The molecule has 1 rings (SSSR count). The second-order valence-corrected chi connectivity index (χ2v) is 6.81. The summed E-state index contributed by atoms with van der Waals surface area (Å²) in [5.41, 5.74) is 4.31. The molecule has 0 unspecified atom stereocenters. The topological polar surface area (TPSA) is 72.8 Å². The molecule has 5 nitrogen and oxygen atoms in total. The summed E-state index contributed by atoms with van der Waals surface area (Å²) < 4.78 is 44.3. The van der Waals surface area contributed by atoms with Gasteiger partial charge < -0.3 is 9.47 Å². The molecule has 132 valence electrons. The Morgan fingerprint density at radius 2 is 1.43 bits per heavy atom. The zero-order chi connectivity index (χ0) is 17.6. The van der Waals surface area contributed by atoms with Gasteiger partial charge in [0.25, 0.3) is 10.1 Å². The third-order valence-corrected chi connectivity index (χ3v) is 5.19. The molecule has 1 N–H and O–H groups in total. The van der Waals surface area contributed by atoms with Gasteiger partial charge in [0.15, 0.2) is 0 Å². The van der Waals surface area contributed by atoms with E-state index in [4.69, 9.17) is 9.47 Å². The van der Waals surface area contributed by atoms with Gasteiger partial charge in [0, 0.05) is 7.11 Å². The molecule has 6 heteroatoms. The number of hydrogen-bond donors (Lipinski definition) is 1. The Bertz CT molecular complexity index is 635. The molecule has 0 spiro atoms. The molecular formula is C17H28O5S. The van der Waals surface area contributed by atoms with Crippen molar-refractivity contribution in [2.75, 3.05) is 20.3 Å². The van der Waals surface area contributed by atoms with E-state index in [-0.39, 0.29) is 4.90 Å². The van der Waals surface area contributed by atoms with Gasteiger partial charge in [0.05, 0.1) is 19.8 Å². The molecule has 0 radical (unpaired) electrons. The lowest BCUT2D eigenvalue weighted by molar-refractivity contribution is 0.0610. The van der Waals surface area contributed by atoms with Crippen molar-refractivity contribution in [3.63, 3.8) is 0 Å². The summed E-state index contributed by atoms with van der Waals surface area (Å²) in [5.74, 6) is 0. The molecule has 23 heavy (non-hydrogen) atoms. The summed E-state index contributed by atoms with van der Waals surface area (Å²) in [4.78, 5) is 0.0790. The van der Waals surface area contributed by atoms with Gasteiger partial charge in [-0.3, -0.25) is 4.55 Å². The minimum atomic E-state index is -4.28. The lowest BCUT2D eigenvalue weighted by Crippen LogP contribution is -2.16. The molecule has 0 saturated carbocycles. The molecule has 1 aromatic carbocycles. The van der Waals surface area contributed by atoms with E-state index in [0.717, 1.165) is 22.3 Å². The molecule has 0 fully saturated rings. The van der Waals surface area contributed by atoms with Crippen molar-refractivity contribution in [2.45, 2.75) is 58.5 Å². The summed E-state index contributed by atoms with van der Waals surface area (Å²) in [6, 6.07) is 0. The number of hydrogen-bond acceptors (Lipinski definition) is 4. The van der Waals surface area contributed by atoms with E-state index in [0.29, 0.717) is 44.6 Å². The lowest BCUT2D eigenvalue weighted by Gasteiger charge is -2.22. The van der Waals surface area contributed by atoms with Crippen LogP contribution in [0.2, 0.25) is 0 Å². The minimum absolute atomic E-state index is 0.0790. The number of benzene rings is 1. The van der Waals surface area contributed by atoms with Crippen LogP contribution in [0.3, 0.4) is 0 Å². The van der Waals surface area contributed by atoms with Crippen molar-refractivity contribution in [3.8, 4) is 0 Å². The maximum Gasteiger partial charge on any atom is 0.295 e. The van der Waals surface area contributed by atoms with Gasteiger partial charge in [-0.25, -0.2) is 0 Å². The van der Waals surface area contributed by atoms with Gasteiger partial charge in [0.1, 0.15) is 4.90 Å². The Kier molecular flexibility index (Phi) is 7.67. The second-order valence-electron chi connectivity index (χ2n) is 5.45. The first-order chi connectivity index (χ1) is 10.8. The molecule has 0 saturated heterocycles. The summed E-state index contributed by atoms with van der Waals surface area (Å²) in [6.45, 7) is 9.05. The zero-order valence-corrected chi connectivity index (χ0v) is 15.5. The Balaban J connectivity index is 3.55. The highest BCUT2D eigenvalue weighted by atomic mass is 32.2. The quantitative estimate of drug-likeness (QED) is 0.550. The van der Waals surface area contributed by atoms with E-state index in [1.54, 1.807) is 7.11 Å². The summed E-state index contributed by atoms with van der Waals surface area (Å²) in [7, 11) is -2.67. The molecule has 0 aliphatic heterocycles. The Morgan fingerprint density at radius 1 is 0.913 bits per heavy atom. The normalized spacial score (nSPS) is 11.9. The van der Waals surface area contributed by atoms with Crippen molar-refractivity contribution in [1.29, 1.82) is 0 Å². The van der Waals surface area contributed by atoms with Crippen LogP contribution in [-0.4, -0.2) is 33.3 Å². The van der Waals surface area contributed by atoms with Crippen LogP contribution in [-0.2, 0) is 45.5 Å². The van der Waals surface area contributed by atoms with E-state index in [9.17, 15) is 13.0 Å². The smallest absolute Gasteiger partial charge is 0.295 e. The molecule has 0 atom stereocenters. The van der Waals surface area contributed by atoms with E-state index in [2.05, 4.69) is 0 Å². The van der Waals surface area contributed by atoms with E-state index >= 15 is 0 Å². The number of methoxy groups -OCH3 is 1. The Labute approximate surface area is 139 Å². The zero-order valence-electron chi connectivity index (χ0n) is 14.7. The van der Waals surface area contributed by atoms with Gasteiger partial charge in [-0.05, 0) is 54.0 Å². The summed E-state index contributed by atoms with van der Waals surface area (Å²) in [5, 5.41) is 0. The first-order valence-electron chi connectivity index (χ1n) is 8.03. The third-order valence-electron chi connectivity index (χ3n) is 4.18. The van der Waals surface area contributed by atoms with Gasteiger partial charge in [-0.1, -0.05) is 20.8 Å². The summed E-state index contributed by atoms with van der Waals surface area (Å²) >= 11 is 0. The average Bonchev–Trinajstić information content (AvgIpc) is 2.50. The first-order valence-corrected chi connectivity index (χ1v) is 9.47. The van der Waals surface area contributed by atoms with Crippen LogP contribution in [0, 0.1) is 6.92 Å². The van der Waals surface area contributed by atoms with Crippen molar-refractivity contribution in [3.05, 3.63) is 27.8 Å². The average molecular weight is 344 g/mol. The van der Waals surface area contributed by atoms with Crippen LogP contribution < -0.4 is 0 Å². The van der Waals surface area contributed by atoms with E-state index in [1.165, 1.54) is 0 Å². The molecule has 0 aliphatic rings. The highest BCUT2D eigenvalue weighted by Gasteiger charge is 2.26. The van der Waals surface area contributed by atoms with Gasteiger partial charge >= 0.3 is 0 Å². The van der Waals surface area contributed by atoms with Crippen molar-refractivity contribution in [2.24, 2.45) is 0 Å². The fourth-order valence-corrected chi connectivity index (χ4v) is 4.30. The Morgan fingerprint density at radius 3 is 1.87 bits per heavy atom. The van der Waals surface area contributed by atoms with Crippen LogP contribution in [0.1, 0.15) is 48.6 Å². The molecule has 0 aliphatic carbocycles. The molecule has 0 aromatic heterocycles. The number of rotatable bonds is 9. The third kappa shape index (κ3) is 4.53. The molecule has 1 aromatic rings.